The molecule has 0 spiro atoms. The molecule has 1 aliphatic rings. The second-order valence-electron chi connectivity index (χ2n) is 3.68. The average molecular weight is 315 g/mol. The fourth-order valence-corrected chi connectivity index (χ4v) is 1.71. The molecule has 1 fully saturated rings. The number of benzene rings is 1. The predicted molar refractivity (Wildman–Crippen MR) is 65.1 cm³/mol. The van der Waals surface area contributed by atoms with Crippen molar-refractivity contribution in [1.29, 1.82) is 0 Å². The molecular formula is C12H11BrO5. The van der Waals surface area contributed by atoms with Crippen molar-refractivity contribution in [2.45, 2.75) is 12.5 Å². The Morgan fingerprint density at radius 2 is 2.11 bits per heavy atom. The molecule has 2 rings (SSSR count). The lowest BCUT2D eigenvalue weighted by molar-refractivity contribution is -0.161. The van der Waals surface area contributed by atoms with Crippen LogP contribution in [0, 0.1) is 0 Å². The van der Waals surface area contributed by atoms with Gasteiger partial charge in [-0.15, -0.1) is 0 Å². The summed E-state index contributed by atoms with van der Waals surface area (Å²) in [7, 11) is 0. The summed E-state index contributed by atoms with van der Waals surface area (Å²) in [6, 6.07) is 7.05. The van der Waals surface area contributed by atoms with Crippen LogP contribution in [0.25, 0.3) is 0 Å². The zero-order chi connectivity index (χ0) is 13.0. The first-order chi connectivity index (χ1) is 8.65. The van der Waals surface area contributed by atoms with E-state index in [0.717, 1.165) is 4.47 Å². The number of rotatable bonds is 4. The van der Waals surface area contributed by atoms with E-state index in [1.807, 2.05) is 0 Å². The van der Waals surface area contributed by atoms with Crippen molar-refractivity contribution in [3.8, 4) is 5.75 Å². The third-order valence-electron chi connectivity index (χ3n) is 2.33. The average Bonchev–Trinajstić information content (AvgIpc) is 2.74. The van der Waals surface area contributed by atoms with E-state index < -0.39 is 18.0 Å². The molecular weight excluding hydrogens is 304 g/mol. The highest BCUT2D eigenvalue weighted by molar-refractivity contribution is 9.10. The molecule has 5 nitrogen and oxygen atoms in total. The van der Waals surface area contributed by atoms with Gasteiger partial charge in [0.25, 0.3) is 0 Å². The number of cyclic esters (lactones) is 1. The van der Waals surface area contributed by atoms with E-state index in [-0.39, 0.29) is 6.61 Å². The summed E-state index contributed by atoms with van der Waals surface area (Å²) in [5.41, 5.74) is 0. The summed E-state index contributed by atoms with van der Waals surface area (Å²) in [5.74, 6) is -0.516. The summed E-state index contributed by atoms with van der Waals surface area (Å²) < 4.78 is 15.7. The number of hydrogen-bond donors (Lipinski definition) is 0. The van der Waals surface area contributed by atoms with E-state index in [2.05, 4.69) is 20.7 Å². The van der Waals surface area contributed by atoms with Crippen LogP contribution in [0.4, 0.5) is 0 Å². The van der Waals surface area contributed by atoms with Crippen LogP contribution >= 0.6 is 15.9 Å². The molecule has 0 bridgehead atoms. The summed E-state index contributed by atoms with van der Waals surface area (Å²) in [6.45, 7) is 0.0652. The van der Waals surface area contributed by atoms with Gasteiger partial charge in [0.15, 0.2) is 6.61 Å². The Bertz CT molecular complexity index is 442. The smallest absolute Gasteiger partial charge is 0.347 e. The predicted octanol–water partition coefficient (Wildman–Crippen LogP) is 1.69. The molecule has 0 saturated carbocycles. The van der Waals surface area contributed by atoms with E-state index in [1.165, 1.54) is 0 Å². The van der Waals surface area contributed by atoms with Crippen LogP contribution in [0.15, 0.2) is 28.7 Å². The second-order valence-corrected chi connectivity index (χ2v) is 4.59. The van der Waals surface area contributed by atoms with Crippen LogP contribution in [-0.4, -0.2) is 31.3 Å². The van der Waals surface area contributed by atoms with Crippen LogP contribution in [0.2, 0.25) is 0 Å². The van der Waals surface area contributed by atoms with E-state index >= 15 is 0 Å². The quantitative estimate of drug-likeness (QED) is 0.791. The van der Waals surface area contributed by atoms with Gasteiger partial charge in [0.05, 0.1) is 6.61 Å². The lowest BCUT2D eigenvalue weighted by atomic mass is 10.3. The van der Waals surface area contributed by atoms with Crippen LogP contribution in [0.3, 0.4) is 0 Å². The second kappa shape index (κ2) is 5.86. The van der Waals surface area contributed by atoms with Gasteiger partial charge in [0.2, 0.25) is 6.10 Å². The van der Waals surface area contributed by atoms with Gasteiger partial charge in [-0.25, -0.2) is 9.59 Å². The van der Waals surface area contributed by atoms with E-state index in [9.17, 15) is 9.59 Å². The third-order valence-corrected chi connectivity index (χ3v) is 2.86. The van der Waals surface area contributed by atoms with Crippen molar-refractivity contribution in [3.63, 3.8) is 0 Å². The number of hydrogen-bond acceptors (Lipinski definition) is 5. The topological polar surface area (TPSA) is 61.8 Å². The molecule has 1 aromatic rings. The van der Waals surface area contributed by atoms with E-state index in [0.29, 0.717) is 18.8 Å². The van der Waals surface area contributed by atoms with E-state index in [1.54, 1.807) is 24.3 Å². The Morgan fingerprint density at radius 1 is 1.39 bits per heavy atom. The van der Waals surface area contributed by atoms with Crippen molar-refractivity contribution in [2.24, 2.45) is 0 Å². The minimum Gasteiger partial charge on any atom is -0.482 e. The molecule has 1 unspecified atom stereocenters. The Kier molecular flexibility index (Phi) is 4.19. The molecule has 0 aromatic heterocycles. The molecule has 6 heteroatoms. The zero-order valence-corrected chi connectivity index (χ0v) is 11.0. The zero-order valence-electron chi connectivity index (χ0n) is 9.43. The number of carbonyl (C=O) groups is 2. The highest BCUT2D eigenvalue weighted by Crippen LogP contribution is 2.16. The maximum absolute atomic E-state index is 11.4. The summed E-state index contributed by atoms with van der Waals surface area (Å²) >= 11 is 3.29. The van der Waals surface area contributed by atoms with Gasteiger partial charge in [0.1, 0.15) is 5.75 Å². The highest BCUT2D eigenvalue weighted by atomic mass is 79.9. The molecule has 1 aromatic carbocycles. The Morgan fingerprint density at radius 3 is 2.72 bits per heavy atom. The number of carbonyl (C=O) groups excluding carboxylic acids is 2. The van der Waals surface area contributed by atoms with Gasteiger partial charge in [-0.1, -0.05) is 15.9 Å². The van der Waals surface area contributed by atoms with Gasteiger partial charge in [-0.2, -0.15) is 0 Å². The van der Waals surface area contributed by atoms with Gasteiger partial charge in [-0.05, 0) is 24.3 Å². The van der Waals surface area contributed by atoms with Gasteiger partial charge in [0, 0.05) is 10.9 Å². The highest BCUT2D eigenvalue weighted by Gasteiger charge is 2.30. The Balaban J connectivity index is 1.78. The maximum Gasteiger partial charge on any atom is 0.347 e. The van der Waals surface area contributed by atoms with Crippen molar-refractivity contribution < 1.29 is 23.8 Å². The lowest BCUT2D eigenvalue weighted by Crippen LogP contribution is -2.26. The van der Waals surface area contributed by atoms with Crippen LogP contribution < -0.4 is 4.74 Å². The normalized spacial score (nSPS) is 18.3. The lowest BCUT2D eigenvalue weighted by Gasteiger charge is -2.09. The first-order valence-electron chi connectivity index (χ1n) is 5.39. The number of halogens is 1. The molecule has 0 amide bonds. The summed E-state index contributed by atoms with van der Waals surface area (Å²) in [4.78, 5) is 22.5. The van der Waals surface area contributed by atoms with E-state index in [4.69, 9.17) is 9.47 Å². The first-order valence-corrected chi connectivity index (χ1v) is 6.19. The van der Waals surface area contributed by atoms with Crippen LogP contribution in [0.1, 0.15) is 6.42 Å². The Hall–Kier alpha value is -1.56. The molecule has 0 aliphatic carbocycles. The van der Waals surface area contributed by atoms with Crippen molar-refractivity contribution in [2.75, 3.05) is 13.2 Å². The third kappa shape index (κ3) is 3.46. The first kappa shape index (κ1) is 12.9. The monoisotopic (exact) mass is 314 g/mol. The summed E-state index contributed by atoms with van der Waals surface area (Å²) in [6.07, 6.45) is -0.380. The largest absolute Gasteiger partial charge is 0.482 e. The molecule has 96 valence electrons. The molecule has 1 heterocycles. The van der Waals surface area contributed by atoms with Crippen molar-refractivity contribution >= 4 is 27.9 Å². The molecule has 1 atom stereocenters. The summed E-state index contributed by atoms with van der Waals surface area (Å²) in [5, 5.41) is 0. The molecule has 0 radical (unpaired) electrons. The molecule has 0 N–H and O–H groups in total. The van der Waals surface area contributed by atoms with Gasteiger partial charge >= 0.3 is 11.9 Å². The molecule has 18 heavy (non-hydrogen) atoms. The Labute approximate surface area is 112 Å². The van der Waals surface area contributed by atoms with Crippen molar-refractivity contribution in [1.82, 2.24) is 0 Å². The van der Waals surface area contributed by atoms with Crippen LogP contribution in [-0.2, 0) is 19.1 Å². The van der Waals surface area contributed by atoms with Gasteiger partial charge in [-0.3, -0.25) is 0 Å². The fraction of sp³-hybridized carbons (Fsp3) is 0.333. The minimum absolute atomic E-state index is 0.231. The SMILES string of the molecule is O=C(COc1ccc(Br)cc1)OC1CCOC1=O. The number of ether oxygens (including phenoxy) is 3. The standard InChI is InChI=1S/C12H11BrO5/c13-8-1-3-9(4-2-8)17-7-11(14)18-10-5-6-16-12(10)15/h1-4,10H,5-7H2. The number of esters is 2. The minimum atomic E-state index is -0.786. The van der Waals surface area contributed by atoms with Crippen molar-refractivity contribution in [3.05, 3.63) is 28.7 Å². The molecule has 1 saturated heterocycles. The van der Waals surface area contributed by atoms with Gasteiger partial charge < -0.3 is 14.2 Å². The molecule has 1 aliphatic heterocycles. The van der Waals surface area contributed by atoms with Crippen LogP contribution in [0.5, 0.6) is 5.75 Å². The maximum atomic E-state index is 11.4. The fourth-order valence-electron chi connectivity index (χ4n) is 1.45.